The van der Waals surface area contributed by atoms with E-state index in [0.29, 0.717) is 0 Å². The van der Waals surface area contributed by atoms with Crippen LogP contribution in [0, 0.1) is 0 Å². The monoisotopic (exact) mass is 210 g/mol. The molecule has 2 nitrogen and oxygen atoms in total. The zero-order chi connectivity index (χ0) is 11.0. The summed E-state index contributed by atoms with van der Waals surface area (Å²) in [6.07, 6.45) is 3.78. The molecule has 0 saturated carbocycles. The molecule has 0 N–H and O–H groups in total. The van der Waals surface area contributed by atoms with Crippen LogP contribution in [-0.4, -0.2) is 0 Å². The van der Waals surface area contributed by atoms with Gasteiger partial charge in [0, 0.05) is 11.5 Å². The Morgan fingerprint density at radius 1 is 1.06 bits per heavy atom. The molecular formula is C14H12NO+. The molecule has 78 valence electrons. The first-order valence-electron chi connectivity index (χ1n) is 5.27. The molecule has 0 radical (unpaired) electrons. The summed E-state index contributed by atoms with van der Waals surface area (Å²) in [7, 11) is 2.05. The number of pyridine rings is 1. The number of benzene rings is 1. The van der Waals surface area contributed by atoms with Gasteiger partial charge in [-0.3, -0.25) is 0 Å². The van der Waals surface area contributed by atoms with Crippen molar-refractivity contribution in [1.29, 1.82) is 0 Å². The SMILES string of the molecule is C[n+]1cc(-c2ccco2)cc2ccccc21. The average Bonchev–Trinajstić information content (AvgIpc) is 2.82. The Balaban J connectivity index is 2.29. The Morgan fingerprint density at radius 3 is 2.75 bits per heavy atom. The zero-order valence-corrected chi connectivity index (χ0v) is 9.05. The van der Waals surface area contributed by atoms with Crippen LogP contribution in [0.4, 0.5) is 0 Å². The fourth-order valence-electron chi connectivity index (χ4n) is 1.99. The van der Waals surface area contributed by atoms with Crippen molar-refractivity contribution >= 4 is 10.9 Å². The van der Waals surface area contributed by atoms with Gasteiger partial charge in [-0.1, -0.05) is 12.1 Å². The lowest BCUT2D eigenvalue weighted by molar-refractivity contribution is -0.644. The maximum Gasteiger partial charge on any atom is 0.212 e. The summed E-state index contributed by atoms with van der Waals surface area (Å²) in [6.45, 7) is 0. The molecule has 0 unspecified atom stereocenters. The van der Waals surface area contributed by atoms with E-state index in [1.807, 2.05) is 18.2 Å². The fraction of sp³-hybridized carbons (Fsp3) is 0.0714. The molecule has 3 rings (SSSR count). The van der Waals surface area contributed by atoms with E-state index in [-0.39, 0.29) is 0 Å². The molecule has 2 heterocycles. The van der Waals surface area contributed by atoms with E-state index in [0.717, 1.165) is 11.3 Å². The van der Waals surface area contributed by atoms with Crippen LogP contribution < -0.4 is 4.57 Å². The Kier molecular flexibility index (Phi) is 2.00. The van der Waals surface area contributed by atoms with E-state index in [9.17, 15) is 0 Å². The third-order valence-corrected chi connectivity index (χ3v) is 2.77. The molecule has 3 aromatic rings. The molecule has 0 aliphatic carbocycles. The van der Waals surface area contributed by atoms with Crippen LogP contribution in [0.2, 0.25) is 0 Å². The molecule has 0 bridgehead atoms. The molecule has 0 aliphatic rings. The van der Waals surface area contributed by atoms with E-state index in [2.05, 4.69) is 42.1 Å². The number of furan rings is 1. The van der Waals surface area contributed by atoms with Crippen LogP contribution in [-0.2, 0) is 7.05 Å². The third kappa shape index (κ3) is 1.39. The van der Waals surface area contributed by atoms with Crippen molar-refractivity contribution in [2.45, 2.75) is 0 Å². The minimum absolute atomic E-state index is 0.904. The Labute approximate surface area is 93.8 Å². The van der Waals surface area contributed by atoms with Crippen molar-refractivity contribution in [3.8, 4) is 11.3 Å². The summed E-state index contributed by atoms with van der Waals surface area (Å²) < 4.78 is 7.53. The second-order valence-electron chi connectivity index (χ2n) is 3.88. The zero-order valence-electron chi connectivity index (χ0n) is 9.05. The number of fused-ring (bicyclic) bond motifs is 1. The van der Waals surface area contributed by atoms with Gasteiger partial charge in [-0.25, -0.2) is 4.57 Å². The lowest BCUT2D eigenvalue weighted by atomic mass is 10.1. The van der Waals surface area contributed by atoms with Gasteiger partial charge in [-0.05, 0) is 24.3 Å². The van der Waals surface area contributed by atoms with E-state index < -0.39 is 0 Å². The number of hydrogen-bond donors (Lipinski definition) is 0. The summed E-state index contributed by atoms with van der Waals surface area (Å²) in [6, 6.07) is 14.4. The number of aromatic nitrogens is 1. The van der Waals surface area contributed by atoms with Crippen LogP contribution >= 0.6 is 0 Å². The molecule has 2 aromatic heterocycles. The van der Waals surface area contributed by atoms with Crippen LogP contribution in [0.1, 0.15) is 0 Å². The number of para-hydroxylation sites is 1. The fourth-order valence-corrected chi connectivity index (χ4v) is 1.99. The van der Waals surface area contributed by atoms with Crippen molar-refractivity contribution in [1.82, 2.24) is 0 Å². The van der Waals surface area contributed by atoms with Gasteiger partial charge in [-0.2, -0.15) is 0 Å². The van der Waals surface area contributed by atoms with Crippen LogP contribution in [0.25, 0.3) is 22.2 Å². The quantitative estimate of drug-likeness (QED) is 0.564. The maximum absolute atomic E-state index is 5.41. The first-order valence-corrected chi connectivity index (χ1v) is 5.27. The van der Waals surface area contributed by atoms with E-state index in [4.69, 9.17) is 4.42 Å². The van der Waals surface area contributed by atoms with Gasteiger partial charge in [0.1, 0.15) is 12.8 Å². The minimum Gasteiger partial charge on any atom is -0.464 e. The summed E-state index contributed by atoms with van der Waals surface area (Å²) in [5.41, 5.74) is 2.32. The van der Waals surface area contributed by atoms with Gasteiger partial charge >= 0.3 is 0 Å². The molecule has 16 heavy (non-hydrogen) atoms. The topological polar surface area (TPSA) is 17.0 Å². The van der Waals surface area contributed by atoms with E-state index >= 15 is 0 Å². The number of aryl methyl sites for hydroxylation is 1. The maximum atomic E-state index is 5.41. The highest BCUT2D eigenvalue weighted by atomic mass is 16.3. The Hall–Kier alpha value is -2.09. The molecule has 0 amide bonds. The minimum atomic E-state index is 0.904. The summed E-state index contributed by atoms with van der Waals surface area (Å²) >= 11 is 0. The predicted molar refractivity (Wildman–Crippen MR) is 62.8 cm³/mol. The van der Waals surface area contributed by atoms with Crippen molar-refractivity contribution in [3.63, 3.8) is 0 Å². The smallest absolute Gasteiger partial charge is 0.212 e. The lowest BCUT2D eigenvalue weighted by Gasteiger charge is -1.99. The molecular weight excluding hydrogens is 198 g/mol. The predicted octanol–water partition coefficient (Wildman–Crippen LogP) is 2.92. The normalized spacial score (nSPS) is 10.8. The van der Waals surface area contributed by atoms with Gasteiger partial charge in [0.25, 0.3) is 0 Å². The number of rotatable bonds is 1. The van der Waals surface area contributed by atoms with Gasteiger partial charge in [-0.15, -0.1) is 0 Å². The highest BCUT2D eigenvalue weighted by Gasteiger charge is 2.09. The summed E-state index contributed by atoms with van der Waals surface area (Å²) in [5, 5.41) is 1.22. The van der Waals surface area contributed by atoms with Crippen LogP contribution in [0.3, 0.4) is 0 Å². The van der Waals surface area contributed by atoms with Crippen molar-refractivity contribution in [2.24, 2.45) is 7.05 Å². The number of hydrogen-bond acceptors (Lipinski definition) is 1. The van der Waals surface area contributed by atoms with Crippen molar-refractivity contribution < 1.29 is 8.98 Å². The third-order valence-electron chi connectivity index (χ3n) is 2.77. The van der Waals surface area contributed by atoms with Crippen LogP contribution in [0.15, 0.2) is 59.3 Å². The first kappa shape index (κ1) is 9.16. The molecule has 0 aliphatic heterocycles. The number of nitrogens with zero attached hydrogens (tertiary/aromatic N) is 1. The second kappa shape index (κ2) is 3.49. The van der Waals surface area contributed by atoms with Gasteiger partial charge in [0.05, 0.1) is 11.8 Å². The van der Waals surface area contributed by atoms with Gasteiger partial charge < -0.3 is 4.42 Å². The first-order chi connectivity index (χ1) is 7.84. The largest absolute Gasteiger partial charge is 0.464 e. The Bertz CT molecular complexity index is 626. The van der Waals surface area contributed by atoms with E-state index in [1.54, 1.807) is 6.26 Å². The summed E-state index contributed by atoms with van der Waals surface area (Å²) in [4.78, 5) is 0. The highest BCUT2D eigenvalue weighted by Crippen LogP contribution is 2.21. The Morgan fingerprint density at radius 2 is 1.94 bits per heavy atom. The molecule has 0 saturated heterocycles. The second-order valence-corrected chi connectivity index (χ2v) is 3.88. The van der Waals surface area contributed by atoms with Gasteiger partial charge in [0.2, 0.25) is 5.52 Å². The molecule has 0 fully saturated rings. The molecule has 2 heteroatoms. The molecule has 1 aromatic carbocycles. The molecule has 0 spiro atoms. The highest BCUT2D eigenvalue weighted by molar-refractivity contribution is 5.79. The average molecular weight is 210 g/mol. The standard InChI is InChI=1S/C14H12NO/c1-15-10-12(14-7-4-8-16-14)9-11-5-2-3-6-13(11)15/h2-10H,1H3/q+1. The van der Waals surface area contributed by atoms with Crippen molar-refractivity contribution in [2.75, 3.05) is 0 Å². The van der Waals surface area contributed by atoms with Crippen molar-refractivity contribution in [3.05, 3.63) is 54.9 Å². The van der Waals surface area contributed by atoms with E-state index in [1.165, 1.54) is 10.9 Å². The van der Waals surface area contributed by atoms with Gasteiger partial charge in [0.15, 0.2) is 6.20 Å². The lowest BCUT2D eigenvalue weighted by Crippen LogP contribution is -2.28. The van der Waals surface area contributed by atoms with Crippen LogP contribution in [0.5, 0.6) is 0 Å². The summed E-state index contributed by atoms with van der Waals surface area (Å²) in [5.74, 6) is 0.904. The molecule has 0 atom stereocenters.